The number of sulfonamides is 1. The van der Waals surface area contributed by atoms with E-state index in [1.807, 2.05) is 37.3 Å². The zero-order chi connectivity index (χ0) is 16.5. The Kier molecular flexibility index (Phi) is 7.49. The van der Waals surface area contributed by atoms with E-state index in [2.05, 4.69) is 0 Å². The Hall–Kier alpha value is -0.950. The van der Waals surface area contributed by atoms with Gasteiger partial charge in [0.05, 0.1) is 31.7 Å². The Morgan fingerprint density at radius 1 is 1.13 bits per heavy atom. The lowest BCUT2D eigenvalue weighted by Gasteiger charge is -2.31. The smallest absolute Gasteiger partial charge is 0.214 e. The van der Waals surface area contributed by atoms with Gasteiger partial charge in [-0.05, 0) is 24.8 Å². The van der Waals surface area contributed by atoms with E-state index in [1.54, 1.807) is 4.31 Å². The SMILES string of the molecule is CCCS(=O)(=O)N1CCC(OCCOCc2ccccc2)CC1. The molecule has 0 aromatic heterocycles. The molecule has 1 aliphatic heterocycles. The minimum Gasteiger partial charge on any atom is -0.376 e. The van der Waals surface area contributed by atoms with E-state index in [1.165, 1.54) is 0 Å². The summed E-state index contributed by atoms with van der Waals surface area (Å²) in [6, 6.07) is 10.0. The molecule has 0 radical (unpaired) electrons. The van der Waals surface area contributed by atoms with Gasteiger partial charge < -0.3 is 9.47 Å². The van der Waals surface area contributed by atoms with E-state index >= 15 is 0 Å². The predicted octanol–water partition coefficient (Wildman–Crippen LogP) is 2.42. The van der Waals surface area contributed by atoms with Crippen molar-refractivity contribution in [3.63, 3.8) is 0 Å². The Labute approximate surface area is 139 Å². The van der Waals surface area contributed by atoms with Crippen molar-refractivity contribution in [1.82, 2.24) is 4.31 Å². The second-order valence-corrected chi connectivity index (χ2v) is 7.91. The fourth-order valence-electron chi connectivity index (χ4n) is 2.70. The summed E-state index contributed by atoms with van der Waals surface area (Å²) in [6.45, 7) is 4.74. The van der Waals surface area contributed by atoms with Crippen molar-refractivity contribution >= 4 is 10.0 Å². The molecule has 1 saturated heterocycles. The van der Waals surface area contributed by atoms with Crippen LogP contribution in [-0.2, 0) is 26.1 Å². The maximum absolute atomic E-state index is 12.0. The van der Waals surface area contributed by atoms with Crippen molar-refractivity contribution < 1.29 is 17.9 Å². The molecule has 1 heterocycles. The van der Waals surface area contributed by atoms with Gasteiger partial charge in [0.15, 0.2) is 0 Å². The topological polar surface area (TPSA) is 55.8 Å². The third kappa shape index (κ3) is 6.22. The maximum Gasteiger partial charge on any atom is 0.214 e. The molecule has 1 aliphatic rings. The van der Waals surface area contributed by atoms with Crippen LogP contribution in [0.1, 0.15) is 31.7 Å². The number of piperidine rings is 1. The highest BCUT2D eigenvalue weighted by molar-refractivity contribution is 7.89. The molecule has 0 bridgehead atoms. The van der Waals surface area contributed by atoms with Gasteiger partial charge in [-0.2, -0.15) is 0 Å². The molecule has 1 aromatic rings. The van der Waals surface area contributed by atoms with Crippen molar-refractivity contribution in [2.45, 2.75) is 38.9 Å². The van der Waals surface area contributed by atoms with Crippen molar-refractivity contribution in [2.24, 2.45) is 0 Å². The average Bonchev–Trinajstić information content (AvgIpc) is 2.56. The molecule has 1 fully saturated rings. The van der Waals surface area contributed by atoms with Crippen LogP contribution in [0.5, 0.6) is 0 Å². The fourth-order valence-corrected chi connectivity index (χ4v) is 4.24. The molecule has 2 rings (SSSR count). The Morgan fingerprint density at radius 2 is 1.83 bits per heavy atom. The van der Waals surface area contributed by atoms with Crippen LogP contribution in [0, 0.1) is 0 Å². The minimum absolute atomic E-state index is 0.142. The molecular weight excluding hydrogens is 314 g/mol. The summed E-state index contributed by atoms with van der Waals surface area (Å²) in [7, 11) is -3.06. The summed E-state index contributed by atoms with van der Waals surface area (Å²) in [4.78, 5) is 0. The van der Waals surface area contributed by atoms with Crippen LogP contribution >= 0.6 is 0 Å². The quantitative estimate of drug-likeness (QED) is 0.647. The molecule has 0 saturated carbocycles. The first-order valence-electron chi connectivity index (χ1n) is 8.33. The number of ether oxygens (including phenoxy) is 2. The molecule has 6 heteroatoms. The minimum atomic E-state index is -3.06. The van der Waals surface area contributed by atoms with Gasteiger partial charge >= 0.3 is 0 Å². The second-order valence-electron chi connectivity index (χ2n) is 5.82. The highest BCUT2D eigenvalue weighted by Gasteiger charge is 2.27. The number of rotatable bonds is 9. The Bertz CT molecular complexity index is 539. The normalized spacial score (nSPS) is 17.4. The van der Waals surface area contributed by atoms with Gasteiger partial charge in [0, 0.05) is 13.1 Å². The van der Waals surface area contributed by atoms with Crippen molar-refractivity contribution in [2.75, 3.05) is 32.1 Å². The molecule has 130 valence electrons. The second kappa shape index (κ2) is 9.37. The van der Waals surface area contributed by atoms with Gasteiger partial charge in [-0.1, -0.05) is 37.3 Å². The van der Waals surface area contributed by atoms with Gasteiger partial charge in [-0.15, -0.1) is 0 Å². The van der Waals surface area contributed by atoms with Crippen LogP contribution < -0.4 is 0 Å². The van der Waals surface area contributed by atoms with Crippen molar-refractivity contribution in [3.8, 4) is 0 Å². The number of hydrogen-bond acceptors (Lipinski definition) is 4. The fraction of sp³-hybridized carbons (Fsp3) is 0.647. The van der Waals surface area contributed by atoms with Gasteiger partial charge in [0.2, 0.25) is 10.0 Å². The Balaban J connectivity index is 1.58. The number of hydrogen-bond donors (Lipinski definition) is 0. The van der Waals surface area contributed by atoms with Gasteiger partial charge in [0.1, 0.15) is 0 Å². The molecule has 0 amide bonds. The first-order chi connectivity index (χ1) is 11.1. The van der Waals surface area contributed by atoms with Crippen molar-refractivity contribution in [3.05, 3.63) is 35.9 Å². The third-order valence-corrected chi connectivity index (χ3v) is 6.03. The summed E-state index contributed by atoms with van der Waals surface area (Å²) in [6.07, 6.45) is 2.34. The highest BCUT2D eigenvalue weighted by atomic mass is 32.2. The molecule has 5 nitrogen and oxygen atoms in total. The summed E-state index contributed by atoms with van der Waals surface area (Å²) < 4.78 is 37.0. The average molecular weight is 341 g/mol. The van der Waals surface area contributed by atoms with Crippen molar-refractivity contribution in [1.29, 1.82) is 0 Å². The van der Waals surface area contributed by atoms with Crippen LogP contribution in [0.25, 0.3) is 0 Å². The van der Waals surface area contributed by atoms with Crippen LogP contribution in [0.2, 0.25) is 0 Å². The summed E-state index contributed by atoms with van der Waals surface area (Å²) >= 11 is 0. The van der Waals surface area contributed by atoms with E-state index in [9.17, 15) is 8.42 Å². The molecule has 0 N–H and O–H groups in total. The maximum atomic E-state index is 12.0. The first-order valence-corrected chi connectivity index (χ1v) is 9.94. The molecule has 0 unspecified atom stereocenters. The molecule has 1 aromatic carbocycles. The molecule has 23 heavy (non-hydrogen) atoms. The monoisotopic (exact) mass is 341 g/mol. The lowest BCUT2D eigenvalue weighted by atomic mass is 10.1. The van der Waals surface area contributed by atoms with Gasteiger partial charge in [-0.25, -0.2) is 12.7 Å². The largest absolute Gasteiger partial charge is 0.376 e. The lowest BCUT2D eigenvalue weighted by molar-refractivity contribution is -0.0175. The number of benzene rings is 1. The van der Waals surface area contributed by atoms with Gasteiger partial charge in [0.25, 0.3) is 0 Å². The van der Waals surface area contributed by atoms with Crippen LogP contribution in [0.3, 0.4) is 0 Å². The predicted molar refractivity (Wildman–Crippen MR) is 90.7 cm³/mol. The van der Waals surface area contributed by atoms with E-state index in [0.29, 0.717) is 39.3 Å². The molecule has 0 spiro atoms. The third-order valence-electron chi connectivity index (χ3n) is 3.95. The van der Waals surface area contributed by atoms with Crippen LogP contribution in [0.4, 0.5) is 0 Å². The summed E-state index contributed by atoms with van der Waals surface area (Å²) in [5.74, 6) is 0.242. The van der Waals surface area contributed by atoms with E-state index in [4.69, 9.17) is 9.47 Å². The lowest BCUT2D eigenvalue weighted by Crippen LogP contribution is -2.42. The van der Waals surface area contributed by atoms with E-state index in [0.717, 1.165) is 18.4 Å². The first kappa shape index (κ1) is 18.4. The van der Waals surface area contributed by atoms with E-state index < -0.39 is 10.0 Å². The van der Waals surface area contributed by atoms with E-state index in [-0.39, 0.29) is 11.9 Å². The Morgan fingerprint density at radius 3 is 2.48 bits per heavy atom. The summed E-state index contributed by atoms with van der Waals surface area (Å²) in [5.41, 5.74) is 1.15. The zero-order valence-electron chi connectivity index (χ0n) is 13.8. The molecule has 0 aliphatic carbocycles. The molecular formula is C17H27NO4S. The standard InChI is InChI=1S/C17H27NO4S/c1-2-14-23(19,20)18-10-8-17(9-11-18)22-13-12-21-15-16-6-4-3-5-7-16/h3-7,17H,2,8-15H2,1H3. The number of nitrogens with zero attached hydrogens (tertiary/aromatic N) is 1. The zero-order valence-corrected chi connectivity index (χ0v) is 14.6. The van der Waals surface area contributed by atoms with Gasteiger partial charge in [-0.3, -0.25) is 0 Å². The van der Waals surface area contributed by atoms with Crippen LogP contribution in [0.15, 0.2) is 30.3 Å². The van der Waals surface area contributed by atoms with Crippen LogP contribution in [-0.4, -0.2) is 50.9 Å². The summed E-state index contributed by atoms with van der Waals surface area (Å²) in [5, 5.41) is 0. The highest BCUT2D eigenvalue weighted by Crippen LogP contribution is 2.17. The molecule has 0 atom stereocenters.